The summed E-state index contributed by atoms with van der Waals surface area (Å²) < 4.78 is 0.473. The van der Waals surface area contributed by atoms with Crippen LogP contribution in [0, 0.1) is 13.7 Å². The standard InChI is InChI=1S/C11H11IN2O6/c1-11(18,10(16)17)5-13-9(15)7-4-6(14(19)20)2-3-8(7)12/h2-4,18H,5H2,1H3,(H,13,15)(H,16,17). The number of halogens is 1. The number of benzene rings is 1. The largest absolute Gasteiger partial charge is 0.479 e. The zero-order valence-electron chi connectivity index (χ0n) is 10.3. The van der Waals surface area contributed by atoms with Gasteiger partial charge in [0, 0.05) is 15.7 Å². The molecule has 0 saturated carbocycles. The number of nitro benzene ring substituents is 1. The van der Waals surface area contributed by atoms with Crippen molar-refractivity contribution < 1.29 is 24.7 Å². The van der Waals surface area contributed by atoms with Gasteiger partial charge in [0.1, 0.15) is 0 Å². The van der Waals surface area contributed by atoms with Gasteiger partial charge < -0.3 is 15.5 Å². The molecule has 0 bridgehead atoms. The van der Waals surface area contributed by atoms with Crippen LogP contribution in [0.4, 0.5) is 5.69 Å². The minimum atomic E-state index is -2.11. The summed E-state index contributed by atoms with van der Waals surface area (Å²) in [6.07, 6.45) is 0. The summed E-state index contributed by atoms with van der Waals surface area (Å²) in [4.78, 5) is 32.6. The molecule has 1 amide bonds. The highest BCUT2D eigenvalue weighted by molar-refractivity contribution is 14.1. The number of rotatable bonds is 5. The third kappa shape index (κ3) is 3.87. The summed E-state index contributed by atoms with van der Waals surface area (Å²) in [7, 11) is 0. The molecular formula is C11H11IN2O6. The minimum absolute atomic E-state index is 0.0426. The van der Waals surface area contributed by atoms with Crippen molar-refractivity contribution in [3.63, 3.8) is 0 Å². The number of non-ortho nitro benzene ring substituents is 1. The summed E-state index contributed by atoms with van der Waals surface area (Å²) in [6, 6.07) is 3.75. The Hall–Kier alpha value is -1.75. The van der Waals surface area contributed by atoms with Gasteiger partial charge in [-0.3, -0.25) is 14.9 Å². The molecule has 0 spiro atoms. The molecule has 0 fully saturated rings. The molecule has 1 rings (SSSR count). The maximum atomic E-state index is 11.9. The Morgan fingerprint density at radius 3 is 2.60 bits per heavy atom. The molecule has 0 radical (unpaired) electrons. The molecule has 0 aromatic heterocycles. The molecule has 1 atom stereocenters. The van der Waals surface area contributed by atoms with Crippen molar-refractivity contribution in [3.8, 4) is 0 Å². The number of amides is 1. The van der Waals surface area contributed by atoms with Crippen molar-refractivity contribution >= 4 is 40.2 Å². The lowest BCUT2D eigenvalue weighted by Gasteiger charge is -2.18. The van der Waals surface area contributed by atoms with E-state index in [1.54, 1.807) is 0 Å². The smallest absolute Gasteiger partial charge is 0.337 e. The molecule has 0 aliphatic heterocycles. The zero-order chi connectivity index (χ0) is 15.5. The van der Waals surface area contributed by atoms with Crippen LogP contribution in [0.3, 0.4) is 0 Å². The number of carboxylic acids is 1. The maximum absolute atomic E-state index is 11.9. The van der Waals surface area contributed by atoms with Gasteiger partial charge in [-0.25, -0.2) is 4.79 Å². The number of aliphatic carboxylic acids is 1. The second-order valence-corrected chi connectivity index (χ2v) is 5.35. The molecular weight excluding hydrogens is 383 g/mol. The SMILES string of the molecule is CC(O)(CNC(=O)c1cc([N+](=O)[O-])ccc1I)C(=O)O. The van der Waals surface area contributed by atoms with Gasteiger partial charge in [0.2, 0.25) is 0 Å². The summed E-state index contributed by atoms with van der Waals surface area (Å²) >= 11 is 1.83. The van der Waals surface area contributed by atoms with Gasteiger partial charge >= 0.3 is 5.97 Å². The Bertz CT molecular complexity index is 572. The van der Waals surface area contributed by atoms with Gasteiger partial charge in [-0.15, -0.1) is 0 Å². The van der Waals surface area contributed by atoms with E-state index in [9.17, 15) is 24.8 Å². The fraction of sp³-hybridized carbons (Fsp3) is 0.273. The van der Waals surface area contributed by atoms with Gasteiger partial charge in [-0.2, -0.15) is 0 Å². The van der Waals surface area contributed by atoms with E-state index in [-0.39, 0.29) is 11.3 Å². The lowest BCUT2D eigenvalue weighted by molar-refractivity contribution is -0.384. The molecule has 108 valence electrons. The molecule has 3 N–H and O–H groups in total. The van der Waals surface area contributed by atoms with E-state index in [0.717, 1.165) is 13.0 Å². The number of carboxylic acid groups (broad SMARTS) is 1. The topological polar surface area (TPSA) is 130 Å². The summed E-state index contributed by atoms with van der Waals surface area (Å²) in [6.45, 7) is 0.522. The monoisotopic (exact) mass is 394 g/mol. The van der Waals surface area contributed by atoms with E-state index >= 15 is 0 Å². The van der Waals surface area contributed by atoms with Crippen LogP contribution in [0.5, 0.6) is 0 Å². The normalized spacial score (nSPS) is 13.3. The molecule has 0 aliphatic rings. The quantitative estimate of drug-likeness (QED) is 0.384. The van der Waals surface area contributed by atoms with Crippen LogP contribution >= 0.6 is 22.6 Å². The van der Waals surface area contributed by atoms with Crippen molar-refractivity contribution in [2.75, 3.05) is 6.54 Å². The van der Waals surface area contributed by atoms with Crippen LogP contribution in [-0.2, 0) is 4.79 Å². The number of hydrogen-bond donors (Lipinski definition) is 3. The lowest BCUT2D eigenvalue weighted by atomic mass is 10.1. The third-order valence-electron chi connectivity index (χ3n) is 2.46. The molecule has 9 heteroatoms. The first kappa shape index (κ1) is 16.3. The highest BCUT2D eigenvalue weighted by Gasteiger charge is 2.30. The molecule has 0 saturated heterocycles. The highest BCUT2D eigenvalue weighted by Crippen LogP contribution is 2.19. The van der Waals surface area contributed by atoms with Crippen molar-refractivity contribution in [2.45, 2.75) is 12.5 Å². The highest BCUT2D eigenvalue weighted by atomic mass is 127. The second kappa shape index (κ2) is 6.13. The van der Waals surface area contributed by atoms with Gasteiger partial charge in [-0.05, 0) is 35.6 Å². The summed E-state index contributed by atoms with van der Waals surface area (Å²) in [5.74, 6) is -2.17. The Morgan fingerprint density at radius 2 is 2.10 bits per heavy atom. The van der Waals surface area contributed by atoms with Crippen LogP contribution in [0.2, 0.25) is 0 Å². The third-order valence-corrected chi connectivity index (χ3v) is 3.40. The lowest BCUT2D eigenvalue weighted by Crippen LogP contribution is -2.46. The number of nitrogens with one attached hydrogen (secondary N) is 1. The van der Waals surface area contributed by atoms with Crippen LogP contribution in [0.15, 0.2) is 18.2 Å². The van der Waals surface area contributed by atoms with Gasteiger partial charge in [0.05, 0.1) is 17.0 Å². The van der Waals surface area contributed by atoms with Gasteiger partial charge in [-0.1, -0.05) is 0 Å². The van der Waals surface area contributed by atoms with Gasteiger partial charge in [0.15, 0.2) is 5.60 Å². The first-order chi connectivity index (χ1) is 9.15. The second-order valence-electron chi connectivity index (χ2n) is 4.18. The predicted octanol–water partition coefficient (Wildman–Crippen LogP) is 0.765. The van der Waals surface area contributed by atoms with E-state index in [1.807, 2.05) is 22.6 Å². The van der Waals surface area contributed by atoms with Crippen molar-refractivity contribution in [1.82, 2.24) is 5.32 Å². The average Bonchev–Trinajstić information content (AvgIpc) is 2.36. The average molecular weight is 394 g/mol. The van der Waals surface area contributed by atoms with E-state index in [1.165, 1.54) is 12.1 Å². The van der Waals surface area contributed by atoms with E-state index in [2.05, 4.69) is 5.32 Å². The Labute approximate surface area is 127 Å². The number of aliphatic hydroxyl groups is 1. The van der Waals surface area contributed by atoms with Crippen molar-refractivity contribution in [3.05, 3.63) is 37.4 Å². The molecule has 1 aromatic rings. The molecule has 1 aromatic carbocycles. The first-order valence-electron chi connectivity index (χ1n) is 5.33. The van der Waals surface area contributed by atoms with E-state index in [4.69, 9.17) is 5.11 Å². The molecule has 20 heavy (non-hydrogen) atoms. The molecule has 0 aliphatic carbocycles. The number of carbonyl (C=O) groups is 2. The first-order valence-corrected chi connectivity index (χ1v) is 6.41. The molecule has 1 unspecified atom stereocenters. The minimum Gasteiger partial charge on any atom is -0.479 e. The Morgan fingerprint density at radius 1 is 1.50 bits per heavy atom. The number of nitrogens with zero attached hydrogens (tertiary/aromatic N) is 1. The summed E-state index contributed by atoms with van der Waals surface area (Å²) in [5.41, 5.74) is -2.32. The Balaban J connectivity index is 2.90. The van der Waals surface area contributed by atoms with E-state index < -0.39 is 28.9 Å². The van der Waals surface area contributed by atoms with E-state index in [0.29, 0.717) is 3.57 Å². The predicted molar refractivity (Wildman–Crippen MR) is 76.4 cm³/mol. The fourth-order valence-electron chi connectivity index (χ4n) is 1.22. The number of nitro groups is 1. The van der Waals surface area contributed by atoms with Crippen LogP contribution in [0.25, 0.3) is 0 Å². The van der Waals surface area contributed by atoms with Crippen LogP contribution in [0.1, 0.15) is 17.3 Å². The maximum Gasteiger partial charge on any atom is 0.337 e. The summed E-state index contributed by atoms with van der Waals surface area (Å²) in [5, 5.41) is 31.1. The van der Waals surface area contributed by atoms with Crippen LogP contribution < -0.4 is 5.32 Å². The molecule has 0 heterocycles. The number of hydrogen-bond acceptors (Lipinski definition) is 5. The number of carbonyl (C=O) groups excluding carboxylic acids is 1. The van der Waals surface area contributed by atoms with Gasteiger partial charge in [0.25, 0.3) is 11.6 Å². The Kier molecular flexibility index (Phi) is 5.00. The fourth-order valence-corrected chi connectivity index (χ4v) is 1.80. The van der Waals surface area contributed by atoms with Crippen molar-refractivity contribution in [1.29, 1.82) is 0 Å². The van der Waals surface area contributed by atoms with Crippen molar-refractivity contribution in [2.24, 2.45) is 0 Å². The van der Waals surface area contributed by atoms with Crippen LogP contribution in [-0.4, -0.2) is 39.2 Å². The zero-order valence-corrected chi connectivity index (χ0v) is 12.4. The molecule has 8 nitrogen and oxygen atoms in total.